The Morgan fingerprint density at radius 2 is 1.93 bits per heavy atom. The first-order valence-corrected chi connectivity index (χ1v) is 10.0. The molecule has 4 N–H and O–H groups in total. The van der Waals surface area contributed by atoms with Crippen molar-refractivity contribution in [2.45, 2.75) is 19.4 Å². The van der Waals surface area contributed by atoms with Crippen LogP contribution in [0.1, 0.15) is 21.6 Å². The quantitative estimate of drug-likeness (QED) is 0.601. The van der Waals surface area contributed by atoms with Gasteiger partial charge >= 0.3 is 0 Å². The Balaban J connectivity index is 1.71. The van der Waals surface area contributed by atoms with Crippen LogP contribution in [-0.4, -0.2) is 29.2 Å². The summed E-state index contributed by atoms with van der Waals surface area (Å²) in [4.78, 5) is 17.8. The van der Waals surface area contributed by atoms with Gasteiger partial charge in [-0.05, 0) is 49.2 Å². The molecule has 0 radical (unpaired) electrons. The second-order valence-electron chi connectivity index (χ2n) is 7.26. The topological polar surface area (TPSA) is 107 Å². The molecule has 0 bridgehead atoms. The smallest absolute Gasteiger partial charge is 0.266 e. The summed E-state index contributed by atoms with van der Waals surface area (Å²) in [6, 6.07) is 9.21. The number of aliphatic hydroxyl groups is 1. The first-order chi connectivity index (χ1) is 13.9. The van der Waals surface area contributed by atoms with Crippen LogP contribution < -0.4 is 20.5 Å². The molecule has 5 rings (SSSR count). The number of nitrogens with zero attached hydrogens (tertiary/aromatic N) is 1. The molecule has 0 spiro atoms. The molecule has 2 aliphatic rings. The number of aromatic nitrogens is 1. The number of carbonyl (C=O) groups is 1. The number of nitrogens with one attached hydrogen (secondary N) is 1. The number of nitrogens with two attached hydrogens (primary N) is 1. The first kappa shape index (κ1) is 18.0. The second-order valence-corrected chi connectivity index (χ2v) is 8.29. The highest BCUT2D eigenvalue weighted by atomic mass is 32.1. The van der Waals surface area contributed by atoms with E-state index in [4.69, 9.17) is 15.2 Å². The van der Waals surface area contributed by atoms with Crippen molar-refractivity contribution < 1.29 is 19.4 Å². The van der Waals surface area contributed by atoms with Crippen LogP contribution >= 0.6 is 11.3 Å². The lowest BCUT2D eigenvalue weighted by molar-refractivity contribution is -0.129. The second kappa shape index (κ2) is 6.20. The van der Waals surface area contributed by atoms with Crippen LogP contribution in [-0.2, 0) is 10.4 Å². The lowest BCUT2D eigenvalue weighted by atomic mass is 9.87. The number of aryl methyl sites for hydroxylation is 2. The molecule has 1 amide bonds. The van der Waals surface area contributed by atoms with Crippen LogP contribution in [0.4, 0.5) is 10.8 Å². The van der Waals surface area contributed by atoms with Gasteiger partial charge in [-0.3, -0.25) is 4.79 Å². The van der Waals surface area contributed by atoms with Crippen LogP contribution in [0.5, 0.6) is 11.5 Å². The van der Waals surface area contributed by atoms with Crippen LogP contribution in [0.2, 0.25) is 0 Å². The summed E-state index contributed by atoms with van der Waals surface area (Å²) >= 11 is 1.11. The maximum Gasteiger partial charge on any atom is 0.266 e. The minimum Gasteiger partial charge on any atom is -0.486 e. The van der Waals surface area contributed by atoms with Gasteiger partial charge in [-0.1, -0.05) is 17.4 Å². The minimum atomic E-state index is -1.87. The molecule has 1 atom stereocenters. The number of ether oxygens (including phenoxy) is 2. The molecule has 0 saturated heterocycles. The van der Waals surface area contributed by atoms with Crippen molar-refractivity contribution in [2.24, 2.45) is 0 Å². The average Bonchev–Trinajstić information content (AvgIpc) is 3.20. The molecule has 0 aliphatic carbocycles. The van der Waals surface area contributed by atoms with Crippen molar-refractivity contribution in [2.75, 3.05) is 24.3 Å². The number of hydrogen-bond donors (Lipinski definition) is 3. The molecule has 148 valence electrons. The van der Waals surface area contributed by atoms with Gasteiger partial charge in [-0.15, -0.1) is 0 Å². The number of benzene rings is 2. The van der Waals surface area contributed by atoms with Crippen LogP contribution in [0.15, 0.2) is 30.3 Å². The third-order valence-electron chi connectivity index (χ3n) is 5.21. The Morgan fingerprint density at radius 3 is 2.72 bits per heavy atom. The molecule has 7 nitrogen and oxygen atoms in total. The molecule has 1 unspecified atom stereocenters. The Hall–Kier alpha value is -3.10. The number of anilines is 2. The molecule has 0 fully saturated rings. The zero-order valence-corrected chi connectivity index (χ0v) is 16.7. The van der Waals surface area contributed by atoms with Gasteiger partial charge in [-0.2, -0.15) is 0 Å². The molecular weight excluding hydrogens is 390 g/mol. The molecule has 29 heavy (non-hydrogen) atoms. The predicted molar refractivity (Wildman–Crippen MR) is 110 cm³/mol. The Labute approximate surface area is 171 Å². The van der Waals surface area contributed by atoms with Crippen LogP contribution in [0.3, 0.4) is 0 Å². The predicted octanol–water partition coefficient (Wildman–Crippen LogP) is 2.97. The van der Waals surface area contributed by atoms with E-state index < -0.39 is 11.5 Å². The number of carbonyl (C=O) groups excluding carboxylic acids is 1. The number of amides is 1. The summed E-state index contributed by atoms with van der Waals surface area (Å²) in [5.74, 6) is 0.740. The maximum atomic E-state index is 13.0. The van der Waals surface area contributed by atoms with E-state index >= 15 is 0 Å². The Morgan fingerprint density at radius 1 is 1.17 bits per heavy atom. The van der Waals surface area contributed by atoms with E-state index in [0.717, 1.165) is 22.5 Å². The zero-order valence-electron chi connectivity index (χ0n) is 15.9. The third kappa shape index (κ3) is 2.60. The fraction of sp³-hybridized carbons (Fsp3) is 0.238. The SMILES string of the molecule is Cc1cc(C)c2c(c1)NC(=O)C2(O)c1sc(N)nc1-c1ccc2c(c1)OCCO2. The highest BCUT2D eigenvalue weighted by Crippen LogP contribution is 2.49. The molecule has 3 aromatic rings. The van der Waals surface area contributed by atoms with Crippen molar-refractivity contribution >= 4 is 28.1 Å². The van der Waals surface area contributed by atoms with E-state index in [1.54, 1.807) is 12.1 Å². The Kier molecular flexibility index (Phi) is 3.84. The standard InChI is InChI=1S/C21H19N3O4S/c1-10-7-11(2)16-13(8-10)23-19(25)21(16,26)18-17(24-20(22)29-18)12-3-4-14-15(9-12)28-6-5-27-14/h3-4,7-9,26H,5-6H2,1-2H3,(H2,22,24)(H,23,25). The van der Waals surface area contributed by atoms with E-state index in [1.165, 1.54) is 0 Å². The van der Waals surface area contributed by atoms with Crippen molar-refractivity contribution in [3.8, 4) is 22.8 Å². The summed E-state index contributed by atoms with van der Waals surface area (Å²) in [7, 11) is 0. The van der Waals surface area contributed by atoms with Gasteiger partial charge in [0.15, 0.2) is 16.6 Å². The number of hydrogen-bond acceptors (Lipinski definition) is 7. The van der Waals surface area contributed by atoms with Crippen LogP contribution in [0.25, 0.3) is 11.3 Å². The van der Waals surface area contributed by atoms with Gasteiger partial charge in [0.2, 0.25) is 5.60 Å². The van der Waals surface area contributed by atoms with Crippen molar-refractivity contribution in [1.82, 2.24) is 4.98 Å². The summed E-state index contributed by atoms with van der Waals surface area (Å²) in [5, 5.41) is 14.8. The van der Waals surface area contributed by atoms with Crippen molar-refractivity contribution in [3.63, 3.8) is 0 Å². The molecule has 2 aliphatic heterocycles. The normalized spacial score (nSPS) is 19.8. The summed E-state index contributed by atoms with van der Waals surface area (Å²) in [5.41, 5.74) is 8.26. The summed E-state index contributed by atoms with van der Waals surface area (Å²) < 4.78 is 11.2. The number of thiazole rings is 1. The largest absolute Gasteiger partial charge is 0.486 e. The maximum absolute atomic E-state index is 13.0. The van der Waals surface area contributed by atoms with Gasteiger partial charge in [0.05, 0.1) is 10.6 Å². The van der Waals surface area contributed by atoms with E-state index in [-0.39, 0.29) is 5.13 Å². The van der Waals surface area contributed by atoms with E-state index in [9.17, 15) is 9.90 Å². The van der Waals surface area contributed by atoms with Gasteiger partial charge < -0.3 is 25.6 Å². The van der Waals surface area contributed by atoms with E-state index in [0.29, 0.717) is 52.1 Å². The number of nitrogen functional groups attached to an aromatic ring is 1. The molecule has 0 saturated carbocycles. The third-order valence-corrected chi connectivity index (χ3v) is 6.20. The average molecular weight is 409 g/mol. The van der Waals surface area contributed by atoms with Crippen molar-refractivity contribution in [3.05, 3.63) is 51.9 Å². The molecule has 2 aromatic carbocycles. The van der Waals surface area contributed by atoms with Crippen molar-refractivity contribution in [1.29, 1.82) is 0 Å². The van der Waals surface area contributed by atoms with E-state index in [1.807, 2.05) is 32.0 Å². The minimum absolute atomic E-state index is 0.268. The van der Waals surface area contributed by atoms with Crippen LogP contribution in [0, 0.1) is 13.8 Å². The number of rotatable bonds is 2. The number of fused-ring (bicyclic) bond motifs is 2. The van der Waals surface area contributed by atoms with E-state index in [2.05, 4.69) is 10.3 Å². The highest BCUT2D eigenvalue weighted by molar-refractivity contribution is 7.16. The van der Waals surface area contributed by atoms with Gasteiger partial charge in [-0.25, -0.2) is 4.98 Å². The van der Waals surface area contributed by atoms with Gasteiger partial charge in [0, 0.05) is 16.8 Å². The Bertz CT molecular complexity index is 1170. The molecule has 1 aromatic heterocycles. The molecule has 8 heteroatoms. The molecular formula is C21H19N3O4S. The lowest BCUT2D eigenvalue weighted by Gasteiger charge is -2.23. The summed E-state index contributed by atoms with van der Waals surface area (Å²) in [6.07, 6.45) is 0. The first-order valence-electron chi connectivity index (χ1n) is 9.20. The zero-order chi connectivity index (χ0) is 20.3. The monoisotopic (exact) mass is 409 g/mol. The lowest BCUT2D eigenvalue weighted by Crippen LogP contribution is -2.35. The van der Waals surface area contributed by atoms with Gasteiger partial charge in [0.1, 0.15) is 13.2 Å². The fourth-order valence-corrected chi connectivity index (χ4v) is 5.01. The van der Waals surface area contributed by atoms with Gasteiger partial charge in [0.25, 0.3) is 5.91 Å². The fourth-order valence-electron chi connectivity index (χ4n) is 4.06. The molecule has 3 heterocycles. The summed E-state index contributed by atoms with van der Waals surface area (Å²) in [6.45, 7) is 4.78. The highest BCUT2D eigenvalue weighted by Gasteiger charge is 2.51.